The van der Waals surface area contributed by atoms with Gasteiger partial charge in [-0.25, -0.2) is 0 Å². The molecule has 2 fully saturated rings. The minimum atomic E-state index is 0.121. The summed E-state index contributed by atoms with van der Waals surface area (Å²) in [5.41, 5.74) is 2.16. The zero-order chi connectivity index (χ0) is 13.6. The van der Waals surface area contributed by atoms with Crippen molar-refractivity contribution in [1.29, 1.82) is 0 Å². The lowest BCUT2D eigenvalue weighted by Gasteiger charge is -2.46. The maximum atomic E-state index is 11.6. The standard InChI is InChI=1S/C17H20O3/c18-16-5-2-12-10-13(3-4-15(12)16)20-14-6-9-19-17(11-14)7-1-8-17/h3-4,10,14H,1-2,5-9,11H2. The third-order valence-electron chi connectivity index (χ3n) is 5.01. The molecule has 1 saturated carbocycles. The zero-order valence-corrected chi connectivity index (χ0v) is 11.7. The van der Waals surface area contributed by atoms with E-state index in [0.717, 1.165) is 42.7 Å². The fraction of sp³-hybridized carbons (Fsp3) is 0.588. The van der Waals surface area contributed by atoms with Gasteiger partial charge in [0.25, 0.3) is 0 Å². The van der Waals surface area contributed by atoms with E-state index in [9.17, 15) is 4.79 Å². The fourth-order valence-corrected chi connectivity index (χ4v) is 3.70. The molecular formula is C17H20O3. The van der Waals surface area contributed by atoms with Crippen molar-refractivity contribution in [2.45, 2.75) is 56.7 Å². The molecular weight excluding hydrogens is 252 g/mol. The molecule has 1 atom stereocenters. The Labute approximate surface area is 119 Å². The lowest BCUT2D eigenvalue weighted by atomic mass is 9.74. The van der Waals surface area contributed by atoms with Crippen LogP contribution < -0.4 is 4.74 Å². The minimum Gasteiger partial charge on any atom is -0.490 e. The van der Waals surface area contributed by atoms with Crippen molar-refractivity contribution in [3.8, 4) is 5.75 Å². The van der Waals surface area contributed by atoms with Crippen molar-refractivity contribution in [1.82, 2.24) is 0 Å². The van der Waals surface area contributed by atoms with Gasteiger partial charge in [-0.3, -0.25) is 4.79 Å². The predicted octanol–water partition coefficient (Wildman–Crippen LogP) is 3.30. The van der Waals surface area contributed by atoms with E-state index < -0.39 is 0 Å². The summed E-state index contributed by atoms with van der Waals surface area (Å²) in [4.78, 5) is 11.6. The first-order valence-corrected chi connectivity index (χ1v) is 7.71. The van der Waals surface area contributed by atoms with Crippen LogP contribution in [0.5, 0.6) is 5.75 Å². The van der Waals surface area contributed by atoms with Crippen LogP contribution in [0.3, 0.4) is 0 Å². The van der Waals surface area contributed by atoms with Gasteiger partial charge in [0.15, 0.2) is 5.78 Å². The van der Waals surface area contributed by atoms with Crippen LogP contribution in [0.1, 0.15) is 54.4 Å². The Morgan fingerprint density at radius 1 is 1.25 bits per heavy atom. The average Bonchev–Trinajstić information content (AvgIpc) is 2.79. The van der Waals surface area contributed by atoms with Gasteiger partial charge in [0.2, 0.25) is 0 Å². The van der Waals surface area contributed by atoms with E-state index in [1.165, 1.54) is 19.3 Å². The number of rotatable bonds is 2. The Morgan fingerprint density at radius 3 is 2.95 bits per heavy atom. The summed E-state index contributed by atoms with van der Waals surface area (Å²) >= 11 is 0. The number of Topliss-reactive ketones (excluding diaryl/α,β-unsaturated/α-hetero) is 1. The van der Waals surface area contributed by atoms with E-state index in [1.54, 1.807) is 0 Å². The van der Waals surface area contributed by atoms with Gasteiger partial charge >= 0.3 is 0 Å². The maximum Gasteiger partial charge on any atom is 0.163 e. The van der Waals surface area contributed by atoms with Gasteiger partial charge in [0.1, 0.15) is 11.9 Å². The van der Waals surface area contributed by atoms with Crippen LogP contribution in [0.4, 0.5) is 0 Å². The number of aryl methyl sites for hydroxylation is 1. The number of carbonyl (C=O) groups is 1. The van der Waals surface area contributed by atoms with E-state index in [1.807, 2.05) is 12.1 Å². The molecule has 1 unspecified atom stereocenters. The molecule has 3 nitrogen and oxygen atoms in total. The minimum absolute atomic E-state index is 0.121. The number of benzene rings is 1. The molecule has 0 amide bonds. The summed E-state index contributed by atoms with van der Waals surface area (Å²) in [7, 11) is 0. The van der Waals surface area contributed by atoms with Crippen LogP contribution in [-0.4, -0.2) is 24.1 Å². The van der Waals surface area contributed by atoms with Gasteiger partial charge in [-0.05, 0) is 49.4 Å². The second-order valence-corrected chi connectivity index (χ2v) is 6.36. The number of fused-ring (bicyclic) bond motifs is 1. The Morgan fingerprint density at radius 2 is 2.15 bits per heavy atom. The van der Waals surface area contributed by atoms with Crippen LogP contribution >= 0.6 is 0 Å². The lowest BCUT2D eigenvalue weighted by molar-refractivity contribution is -0.153. The molecule has 1 aromatic rings. The summed E-state index contributed by atoms with van der Waals surface area (Å²) in [6.45, 7) is 0.814. The molecule has 3 aliphatic rings. The molecule has 1 saturated heterocycles. The first-order chi connectivity index (χ1) is 9.74. The van der Waals surface area contributed by atoms with Gasteiger partial charge in [0.05, 0.1) is 12.2 Å². The summed E-state index contributed by atoms with van der Waals surface area (Å²) < 4.78 is 12.1. The van der Waals surface area contributed by atoms with Crippen molar-refractivity contribution in [3.05, 3.63) is 29.3 Å². The van der Waals surface area contributed by atoms with Gasteiger partial charge in [0, 0.05) is 24.8 Å². The number of hydrogen-bond donors (Lipinski definition) is 0. The smallest absolute Gasteiger partial charge is 0.163 e. The van der Waals surface area contributed by atoms with Crippen LogP contribution in [0.15, 0.2) is 18.2 Å². The number of ether oxygens (including phenoxy) is 2. The summed E-state index contributed by atoms with van der Waals surface area (Å²) in [6, 6.07) is 5.94. The largest absolute Gasteiger partial charge is 0.490 e. The van der Waals surface area contributed by atoms with Crippen LogP contribution in [0, 0.1) is 0 Å². The average molecular weight is 272 g/mol. The Balaban J connectivity index is 1.47. The van der Waals surface area contributed by atoms with Crippen LogP contribution in [0.25, 0.3) is 0 Å². The topological polar surface area (TPSA) is 35.5 Å². The SMILES string of the molecule is O=C1CCc2cc(OC3CCOC4(CCC4)C3)ccc21. The highest BCUT2D eigenvalue weighted by Crippen LogP contribution is 2.43. The summed E-state index contributed by atoms with van der Waals surface area (Å²) in [5.74, 6) is 1.19. The quantitative estimate of drug-likeness (QED) is 0.828. The molecule has 4 rings (SSSR count). The van der Waals surface area contributed by atoms with Gasteiger partial charge in [-0.2, -0.15) is 0 Å². The highest BCUT2D eigenvalue weighted by molar-refractivity contribution is 6.00. The molecule has 0 bridgehead atoms. The highest BCUT2D eigenvalue weighted by atomic mass is 16.5. The maximum absolute atomic E-state index is 11.6. The van der Waals surface area contributed by atoms with E-state index in [0.29, 0.717) is 6.42 Å². The Kier molecular flexibility index (Phi) is 2.84. The van der Waals surface area contributed by atoms with Crippen LogP contribution in [-0.2, 0) is 11.2 Å². The van der Waals surface area contributed by atoms with Gasteiger partial charge < -0.3 is 9.47 Å². The van der Waals surface area contributed by atoms with Gasteiger partial charge in [-0.1, -0.05) is 0 Å². The number of carbonyl (C=O) groups excluding carboxylic acids is 1. The summed E-state index contributed by atoms with van der Waals surface area (Å²) in [5, 5.41) is 0. The highest BCUT2D eigenvalue weighted by Gasteiger charge is 2.43. The second-order valence-electron chi connectivity index (χ2n) is 6.36. The van der Waals surface area contributed by atoms with E-state index in [2.05, 4.69) is 6.07 Å². The molecule has 1 aromatic carbocycles. The van der Waals surface area contributed by atoms with Gasteiger partial charge in [-0.15, -0.1) is 0 Å². The van der Waals surface area contributed by atoms with E-state index in [-0.39, 0.29) is 17.5 Å². The normalized spacial score (nSPS) is 27.2. The third-order valence-corrected chi connectivity index (χ3v) is 5.01. The molecule has 1 aliphatic heterocycles. The molecule has 3 heteroatoms. The Hall–Kier alpha value is -1.35. The lowest BCUT2D eigenvalue weighted by Crippen LogP contribution is -2.48. The molecule has 2 aliphatic carbocycles. The summed E-state index contributed by atoms with van der Waals surface area (Å²) in [6.07, 6.45) is 7.42. The fourth-order valence-electron chi connectivity index (χ4n) is 3.70. The zero-order valence-electron chi connectivity index (χ0n) is 11.7. The van der Waals surface area contributed by atoms with Crippen molar-refractivity contribution < 1.29 is 14.3 Å². The van der Waals surface area contributed by atoms with Crippen molar-refractivity contribution in [2.75, 3.05) is 6.61 Å². The van der Waals surface area contributed by atoms with Crippen LogP contribution in [0.2, 0.25) is 0 Å². The first kappa shape index (κ1) is 12.4. The van der Waals surface area contributed by atoms with E-state index in [4.69, 9.17) is 9.47 Å². The molecule has 1 spiro atoms. The van der Waals surface area contributed by atoms with Crippen molar-refractivity contribution in [3.63, 3.8) is 0 Å². The molecule has 106 valence electrons. The Bertz CT molecular complexity index is 545. The molecule has 0 aromatic heterocycles. The third kappa shape index (κ3) is 2.05. The molecule has 0 radical (unpaired) electrons. The number of ketones is 1. The van der Waals surface area contributed by atoms with Crippen molar-refractivity contribution >= 4 is 5.78 Å². The first-order valence-electron chi connectivity index (χ1n) is 7.71. The molecule has 1 heterocycles. The van der Waals surface area contributed by atoms with E-state index >= 15 is 0 Å². The molecule has 0 N–H and O–H groups in total. The molecule has 20 heavy (non-hydrogen) atoms. The predicted molar refractivity (Wildman–Crippen MR) is 75.3 cm³/mol. The van der Waals surface area contributed by atoms with Crippen molar-refractivity contribution in [2.24, 2.45) is 0 Å². The number of hydrogen-bond acceptors (Lipinski definition) is 3. The second kappa shape index (κ2) is 4.59. The monoisotopic (exact) mass is 272 g/mol.